The lowest BCUT2D eigenvalue weighted by atomic mass is 10.2. The first kappa shape index (κ1) is 43.7. The van der Waals surface area contributed by atoms with E-state index in [9.17, 15) is 14.4 Å². The van der Waals surface area contributed by atoms with Gasteiger partial charge in [-0.05, 0) is 86.6 Å². The lowest BCUT2D eigenvalue weighted by molar-refractivity contribution is 0.0431. The lowest BCUT2D eigenvalue weighted by Crippen LogP contribution is -2.43. The average molecular weight is 766 g/mol. The van der Waals surface area contributed by atoms with E-state index in [1.807, 2.05) is 12.1 Å². The summed E-state index contributed by atoms with van der Waals surface area (Å²) in [5.41, 5.74) is -0.616. The zero-order chi connectivity index (χ0) is 37.2. The van der Waals surface area contributed by atoms with Gasteiger partial charge in [-0.3, -0.25) is 15.3 Å². The van der Waals surface area contributed by atoms with Crippen LogP contribution in [0.5, 0.6) is 0 Å². The van der Waals surface area contributed by atoms with Crippen LogP contribution >= 0.6 is 45.9 Å². The molecule has 0 aliphatic heterocycles. The molecule has 0 unspecified atom stereocenters. The number of hydrogen-bond acceptors (Lipinski definition) is 12. The van der Waals surface area contributed by atoms with Gasteiger partial charge < -0.3 is 14.2 Å². The number of imide groups is 1. The van der Waals surface area contributed by atoms with Crippen LogP contribution in [0.3, 0.4) is 0 Å². The second kappa shape index (κ2) is 18.6. The fourth-order valence-corrected chi connectivity index (χ4v) is 5.68. The second-order valence-corrected chi connectivity index (χ2v) is 15.4. The molecule has 0 bridgehead atoms. The Labute approximate surface area is 311 Å². The van der Waals surface area contributed by atoms with Gasteiger partial charge in [-0.15, -0.1) is 12.8 Å². The zero-order valence-electron chi connectivity index (χ0n) is 28.5. The smallest absolute Gasteiger partial charge is 0.425 e. The molecule has 4 heterocycles. The Morgan fingerprint density at radius 2 is 1.14 bits per heavy atom. The third-order valence-electron chi connectivity index (χ3n) is 4.94. The lowest BCUT2D eigenvalue weighted by Gasteiger charge is -2.27. The maximum Gasteiger partial charge on any atom is 0.425 e. The van der Waals surface area contributed by atoms with Crippen molar-refractivity contribution in [3.05, 3.63) is 59.4 Å². The molecule has 3 amide bonds. The summed E-state index contributed by atoms with van der Waals surface area (Å²) in [7, 11) is 0. The first-order valence-electron chi connectivity index (χ1n) is 14.5. The number of hydrogen-bond donors (Lipinski definition) is 1. The molecule has 0 saturated heterocycles. The van der Waals surface area contributed by atoms with Crippen molar-refractivity contribution >= 4 is 74.2 Å². The monoisotopic (exact) mass is 764 g/mol. The summed E-state index contributed by atoms with van der Waals surface area (Å²) in [4.78, 5) is 54.4. The summed E-state index contributed by atoms with van der Waals surface area (Å²) in [5.74, 6) is 0. The average Bonchev–Trinajstić information content (AvgIpc) is 3.54. The number of terminal acetylenes is 1. The molecule has 4 aromatic heterocycles. The molecule has 0 atom stereocenters. The number of pyridine rings is 2. The molecule has 0 saturated carbocycles. The Morgan fingerprint density at radius 3 is 1.54 bits per heavy atom. The maximum absolute atomic E-state index is 12.7. The number of aromatic nitrogens is 4. The van der Waals surface area contributed by atoms with Crippen molar-refractivity contribution in [1.82, 2.24) is 19.9 Å². The quantitative estimate of drug-likeness (QED) is 0.157. The highest BCUT2D eigenvalue weighted by molar-refractivity contribution is 7.20. The minimum absolute atomic E-state index is 0. The van der Waals surface area contributed by atoms with Crippen molar-refractivity contribution < 1.29 is 28.6 Å². The minimum atomic E-state index is -0.889. The molecule has 4 aromatic rings. The standard InChI is InChI=1S/C18H22ClN3O4S.C13H14ClN3O2S.C2H2.CH4/c1-17(2,3)25-15(23)22(16(24)26-18(4,5)6)14-12(19)21-13(27-14)11-8-7-9-20-10-11;1-13(2,3)19-12(18)17-11-9(14)16-10(20-11)8-5-4-6-15-7-8;1-2;/h7-10H,1-6H3;4-7H,1-3H3,(H,17,18);1-2H;1H4. The van der Waals surface area contributed by atoms with Crippen molar-refractivity contribution in [1.29, 1.82) is 0 Å². The van der Waals surface area contributed by atoms with E-state index in [1.165, 1.54) is 11.3 Å². The van der Waals surface area contributed by atoms with E-state index in [4.69, 9.17) is 37.4 Å². The van der Waals surface area contributed by atoms with Crippen molar-refractivity contribution in [3.63, 3.8) is 0 Å². The van der Waals surface area contributed by atoms with Crippen molar-refractivity contribution in [2.45, 2.75) is 86.5 Å². The van der Waals surface area contributed by atoms with E-state index < -0.39 is 35.1 Å². The van der Waals surface area contributed by atoms with Crippen molar-refractivity contribution in [2.24, 2.45) is 0 Å². The van der Waals surface area contributed by atoms with E-state index in [0.29, 0.717) is 20.6 Å². The molecular weight excluding hydrogens is 723 g/mol. The number of ether oxygens (including phenoxy) is 3. The van der Waals surface area contributed by atoms with Gasteiger partial charge >= 0.3 is 18.3 Å². The van der Waals surface area contributed by atoms with Gasteiger partial charge in [-0.25, -0.2) is 24.4 Å². The second-order valence-electron chi connectivity index (χ2n) is 12.7. The molecule has 270 valence electrons. The van der Waals surface area contributed by atoms with Crippen LogP contribution in [0.25, 0.3) is 21.1 Å². The number of carbonyl (C=O) groups excluding carboxylic acids is 3. The highest BCUT2D eigenvalue weighted by atomic mass is 35.5. The van der Waals surface area contributed by atoms with Gasteiger partial charge in [0, 0.05) is 35.9 Å². The first-order chi connectivity index (χ1) is 22.7. The molecule has 4 rings (SSSR count). The summed E-state index contributed by atoms with van der Waals surface area (Å²) in [6, 6.07) is 7.24. The largest absolute Gasteiger partial charge is 0.444 e. The third-order valence-corrected chi connectivity index (χ3v) is 7.81. The number of nitrogens with one attached hydrogen (secondary N) is 1. The molecule has 0 radical (unpaired) electrons. The molecule has 0 aliphatic rings. The van der Waals surface area contributed by atoms with Crippen LogP contribution in [0.4, 0.5) is 24.4 Å². The molecule has 16 heteroatoms. The number of amides is 3. The SMILES string of the molecule is C.C#C.CC(C)(C)OC(=O)N(C(=O)OC(C)(C)C)c1sc(-c2cccnc2)nc1Cl.CC(C)(C)OC(=O)Nc1sc(-c2cccnc2)nc1Cl. The maximum atomic E-state index is 12.7. The Hall–Kier alpha value is -4.29. The van der Waals surface area contributed by atoms with Crippen molar-refractivity contribution in [2.75, 3.05) is 10.2 Å². The van der Waals surface area contributed by atoms with E-state index in [0.717, 1.165) is 21.8 Å². The van der Waals surface area contributed by atoms with Crippen LogP contribution in [0.15, 0.2) is 49.1 Å². The fourth-order valence-electron chi connectivity index (χ4n) is 3.29. The molecule has 0 aliphatic carbocycles. The number of rotatable bonds is 4. The summed E-state index contributed by atoms with van der Waals surface area (Å²) in [5, 5.41) is 4.62. The van der Waals surface area contributed by atoms with E-state index in [1.54, 1.807) is 99.2 Å². The van der Waals surface area contributed by atoms with Gasteiger partial charge in [0.25, 0.3) is 0 Å². The van der Waals surface area contributed by atoms with Crippen LogP contribution in [0.1, 0.15) is 69.7 Å². The normalized spacial score (nSPS) is 10.9. The molecule has 0 spiro atoms. The Kier molecular flexibility index (Phi) is 16.3. The number of halogens is 2. The summed E-state index contributed by atoms with van der Waals surface area (Å²) in [6.45, 7) is 15.6. The van der Waals surface area contributed by atoms with Gasteiger partial charge in [-0.2, -0.15) is 4.90 Å². The summed E-state index contributed by atoms with van der Waals surface area (Å²) >= 11 is 14.6. The van der Waals surface area contributed by atoms with E-state index in [-0.39, 0.29) is 22.7 Å². The topological polar surface area (TPSA) is 146 Å². The van der Waals surface area contributed by atoms with Gasteiger partial charge in [0.15, 0.2) is 15.3 Å². The molecule has 0 aromatic carbocycles. The minimum Gasteiger partial charge on any atom is -0.444 e. The van der Waals surface area contributed by atoms with Crippen LogP contribution in [-0.4, -0.2) is 55.0 Å². The molecule has 50 heavy (non-hydrogen) atoms. The van der Waals surface area contributed by atoms with Gasteiger partial charge in [0.1, 0.15) is 31.8 Å². The van der Waals surface area contributed by atoms with Crippen LogP contribution in [0.2, 0.25) is 10.3 Å². The van der Waals surface area contributed by atoms with Crippen molar-refractivity contribution in [3.8, 4) is 34.0 Å². The van der Waals surface area contributed by atoms with E-state index >= 15 is 0 Å². The highest BCUT2D eigenvalue weighted by Crippen LogP contribution is 2.39. The van der Waals surface area contributed by atoms with Crippen LogP contribution < -0.4 is 10.2 Å². The van der Waals surface area contributed by atoms with Gasteiger partial charge in [-0.1, -0.05) is 53.3 Å². The van der Waals surface area contributed by atoms with E-state index in [2.05, 4.69) is 38.1 Å². The predicted octanol–water partition coefficient (Wildman–Crippen LogP) is 10.6. The van der Waals surface area contributed by atoms with Crippen LogP contribution in [0, 0.1) is 12.8 Å². The molecule has 0 fully saturated rings. The third kappa shape index (κ3) is 14.3. The Bertz CT molecular complexity index is 1700. The Morgan fingerprint density at radius 1 is 0.720 bits per heavy atom. The summed E-state index contributed by atoms with van der Waals surface area (Å²) < 4.78 is 15.9. The number of nitrogens with zero attached hydrogens (tertiary/aromatic N) is 5. The molecular formula is C34H42Cl2N6O6S2. The molecule has 12 nitrogen and oxygen atoms in total. The molecule has 1 N–H and O–H groups in total. The first-order valence-corrected chi connectivity index (χ1v) is 16.8. The van der Waals surface area contributed by atoms with Gasteiger partial charge in [0.05, 0.1) is 0 Å². The highest BCUT2D eigenvalue weighted by Gasteiger charge is 2.36. The number of anilines is 2. The summed E-state index contributed by atoms with van der Waals surface area (Å²) in [6.07, 6.45) is 12.3. The Balaban J connectivity index is 0.000000485. The van der Waals surface area contributed by atoms with Crippen LogP contribution in [-0.2, 0) is 14.2 Å². The number of carbonyl (C=O) groups is 3. The zero-order valence-corrected chi connectivity index (χ0v) is 31.7. The number of thiazole rings is 2. The van der Waals surface area contributed by atoms with Gasteiger partial charge in [0.2, 0.25) is 0 Å². The predicted molar refractivity (Wildman–Crippen MR) is 202 cm³/mol. The fraction of sp³-hybridized carbons (Fsp3) is 0.382.